The fraction of sp³-hybridized carbons (Fsp3) is 0.906. The van der Waals surface area contributed by atoms with Crippen molar-refractivity contribution in [2.45, 2.75) is 111 Å². The Balaban J connectivity index is 1.38. The molecule has 206 valence electrons. The maximum atomic E-state index is 13.0. The molecular formula is C32H48O5. The Labute approximate surface area is 223 Å². The van der Waals surface area contributed by atoms with Crippen LogP contribution < -0.4 is 0 Å². The molecule has 0 N–H and O–H groups in total. The number of carbonyl (C=O) groups excluding carboxylic acids is 3. The molecule has 1 saturated heterocycles. The lowest BCUT2D eigenvalue weighted by atomic mass is 9.32. The van der Waals surface area contributed by atoms with Crippen LogP contribution in [0, 0.1) is 56.7 Å². The number of Topliss-reactive ketones (excluding diaryl/α,β-unsaturated/α-hetero) is 1. The highest BCUT2D eigenvalue weighted by Crippen LogP contribution is 2.77. The number of fused-ring (bicyclic) bond motifs is 7. The molecule has 5 aliphatic carbocycles. The Morgan fingerprint density at radius 3 is 2.30 bits per heavy atom. The summed E-state index contributed by atoms with van der Waals surface area (Å²) in [6, 6.07) is 0. The third-order valence-corrected chi connectivity index (χ3v) is 14.3. The normalized spacial score (nSPS) is 56.4. The standard InChI is InChI=1S/C32H48O5/c1-20(34)36-19-32-14-9-22(31(6)18-37-31)26(32)21-7-8-24-27(2)12-11-25(35)28(3,17-33)23(27)10-13-30(24,5)29(21,4)15-16-32/h17,21-24,26H,7-16,18-19H2,1-6H3/t21?,22-,23-,24-,26+,27+,28?,29-,30-,31?,32-/m1/s1. The Kier molecular flexibility index (Phi) is 5.57. The molecule has 0 aromatic rings. The second-order valence-corrected chi connectivity index (χ2v) is 15.4. The van der Waals surface area contributed by atoms with Crippen molar-refractivity contribution in [3.8, 4) is 0 Å². The minimum atomic E-state index is -0.827. The molecule has 6 fully saturated rings. The van der Waals surface area contributed by atoms with Crippen LogP contribution in [-0.4, -0.2) is 36.9 Å². The predicted octanol–water partition coefficient (Wildman–Crippen LogP) is 6.17. The van der Waals surface area contributed by atoms with Crippen LogP contribution in [0.5, 0.6) is 0 Å². The lowest BCUT2D eigenvalue weighted by Gasteiger charge is -2.72. The van der Waals surface area contributed by atoms with E-state index in [1.54, 1.807) is 6.92 Å². The molecule has 0 bridgehead atoms. The zero-order valence-corrected chi connectivity index (χ0v) is 24.0. The summed E-state index contributed by atoms with van der Waals surface area (Å²) in [4.78, 5) is 37.3. The summed E-state index contributed by atoms with van der Waals surface area (Å²) in [6.45, 7) is 14.8. The van der Waals surface area contributed by atoms with E-state index >= 15 is 0 Å². The summed E-state index contributed by atoms with van der Waals surface area (Å²) < 4.78 is 11.9. The molecule has 5 heteroatoms. The first-order valence-corrected chi connectivity index (χ1v) is 15.1. The lowest BCUT2D eigenvalue weighted by molar-refractivity contribution is -0.238. The summed E-state index contributed by atoms with van der Waals surface area (Å²) >= 11 is 0. The molecule has 11 atom stereocenters. The SMILES string of the molecule is CC(=O)OC[C@]12CC[C@@H](C3(C)CO3)[C@@H]1C1CC[C@@H]3[C@@]4(C)CCC(=O)C(C)(C=O)[C@@H]4CC[C@@]3(C)[C@]1(C)CC2. The topological polar surface area (TPSA) is 73.0 Å². The third kappa shape index (κ3) is 3.21. The van der Waals surface area contributed by atoms with Crippen LogP contribution in [0.4, 0.5) is 0 Å². The van der Waals surface area contributed by atoms with E-state index in [9.17, 15) is 14.4 Å². The minimum Gasteiger partial charge on any atom is -0.465 e. The molecule has 1 heterocycles. The predicted molar refractivity (Wildman–Crippen MR) is 141 cm³/mol. The minimum absolute atomic E-state index is 0.0161. The average molecular weight is 513 g/mol. The summed E-state index contributed by atoms with van der Waals surface area (Å²) in [5.41, 5.74) is -0.368. The molecule has 5 saturated carbocycles. The Morgan fingerprint density at radius 1 is 0.919 bits per heavy atom. The van der Waals surface area contributed by atoms with E-state index in [-0.39, 0.29) is 44.9 Å². The molecule has 37 heavy (non-hydrogen) atoms. The van der Waals surface area contributed by atoms with E-state index in [0.29, 0.717) is 36.7 Å². The molecule has 0 amide bonds. The number of hydrogen-bond acceptors (Lipinski definition) is 5. The molecule has 0 aromatic carbocycles. The van der Waals surface area contributed by atoms with E-state index < -0.39 is 5.41 Å². The highest BCUT2D eigenvalue weighted by atomic mass is 16.6. The van der Waals surface area contributed by atoms with Crippen molar-refractivity contribution < 1.29 is 23.9 Å². The summed E-state index contributed by atoms with van der Waals surface area (Å²) in [5, 5.41) is 0. The summed E-state index contributed by atoms with van der Waals surface area (Å²) in [6.07, 6.45) is 11.5. The number of aldehydes is 1. The lowest BCUT2D eigenvalue weighted by Crippen LogP contribution is -2.67. The van der Waals surface area contributed by atoms with Gasteiger partial charge in [0.05, 0.1) is 24.2 Å². The van der Waals surface area contributed by atoms with Crippen LogP contribution in [-0.2, 0) is 23.9 Å². The first-order chi connectivity index (χ1) is 17.3. The van der Waals surface area contributed by atoms with Crippen LogP contribution in [0.1, 0.15) is 106 Å². The number of rotatable bonds is 4. The number of ether oxygens (including phenoxy) is 2. The van der Waals surface area contributed by atoms with Crippen LogP contribution >= 0.6 is 0 Å². The van der Waals surface area contributed by atoms with Gasteiger partial charge in [0.15, 0.2) is 0 Å². The largest absolute Gasteiger partial charge is 0.465 e. The van der Waals surface area contributed by atoms with Crippen LogP contribution in [0.15, 0.2) is 0 Å². The number of hydrogen-bond donors (Lipinski definition) is 0. The van der Waals surface area contributed by atoms with Crippen LogP contribution in [0.3, 0.4) is 0 Å². The van der Waals surface area contributed by atoms with Gasteiger partial charge in [-0.05, 0) is 117 Å². The van der Waals surface area contributed by atoms with Gasteiger partial charge in [0, 0.05) is 18.8 Å². The van der Waals surface area contributed by atoms with Crippen molar-refractivity contribution >= 4 is 18.0 Å². The van der Waals surface area contributed by atoms with Gasteiger partial charge in [0.2, 0.25) is 0 Å². The van der Waals surface area contributed by atoms with Crippen molar-refractivity contribution in [3.63, 3.8) is 0 Å². The highest BCUT2D eigenvalue weighted by molar-refractivity contribution is 5.99. The monoisotopic (exact) mass is 512 g/mol. The van der Waals surface area contributed by atoms with Crippen molar-refractivity contribution in [1.82, 2.24) is 0 Å². The van der Waals surface area contributed by atoms with E-state index in [1.165, 1.54) is 25.7 Å². The molecule has 0 radical (unpaired) electrons. The van der Waals surface area contributed by atoms with Crippen molar-refractivity contribution in [2.24, 2.45) is 56.7 Å². The molecular weight excluding hydrogens is 464 g/mol. The van der Waals surface area contributed by atoms with E-state index in [4.69, 9.17) is 9.47 Å². The van der Waals surface area contributed by atoms with Gasteiger partial charge in [-0.25, -0.2) is 0 Å². The molecule has 6 aliphatic rings. The van der Waals surface area contributed by atoms with Gasteiger partial charge in [0.1, 0.15) is 12.1 Å². The number of esters is 1. The number of epoxide rings is 1. The third-order valence-electron chi connectivity index (χ3n) is 14.3. The summed E-state index contributed by atoms with van der Waals surface area (Å²) in [7, 11) is 0. The average Bonchev–Trinajstić information content (AvgIpc) is 3.47. The van der Waals surface area contributed by atoms with E-state index in [0.717, 1.165) is 45.0 Å². The van der Waals surface area contributed by atoms with Gasteiger partial charge in [-0.15, -0.1) is 0 Å². The second-order valence-electron chi connectivity index (χ2n) is 15.4. The molecule has 5 nitrogen and oxygen atoms in total. The molecule has 3 unspecified atom stereocenters. The van der Waals surface area contributed by atoms with Gasteiger partial charge in [-0.1, -0.05) is 20.8 Å². The maximum absolute atomic E-state index is 13.0. The number of ketones is 1. The molecule has 6 rings (SSSR count). The van der Waals surface area contributed by atoms with E-state index in [1.807, 2.05) is 6.92 Å². The quantitative estimate of drug-likeness (QED) is 0.195. The van der Waals surface area contributed by atoms with Gasteiger partial charge < -0.3 is 14.3 Å². The fourth-order valence-corrected chi connectivity index (χ4v) is 11.9. The molecule has 0 aromatic heterocycles. The van der Waals surface area contributed by atoms with Crippen molar-refractivity contribution in [2.75, 3.05) is 13.2 Å². The first kappa shape index (κ1) is 26.0. The Bertz CT molecular complexity index is 1020. The van der Waals surface area contributed by atoms with Crippen LogP contribution in [0.2, 0.25) is 0 Å². The van der Waals surface area contributed by atoms with Gasteiger partial charge in [0.25, 0.3) is 0 Å². The summed E-state index contributed by atoms with van der Waals surface area (Å²) in [5.74, 6) is 2.33. The van der Waals surface area contributed by atoms with Gasteiger partial charge in [-0.3, -0.25) is 9.59 Å². The Morgan fingerprint density at radius 2 is 1.65 bits per heavy atom. The van der Waals surface area contributed by atoms with Gasteiger partial charge in [-0.2, -0.15) is 0 Å². The zero-order chi connectivity index (χ0) is 26.6. The highest BCUT2D eigenvalue weighted by Gasteiger charge is 2.73. The molecule has 0 spiro atoms. The first-order valence-electron chi connectivity index (χ1n) is 15.1. The maximum Gasteiger partial charge on any atom is 0.302 e. The van der Waals surface area contributed by atoms with Crippen molar-refractivity contribution in [3.05, 3.63) is 0 Å². The van der Waals surface area contributed by atoms with Crippen molar-refractivity contribution in [1.29, 1.82) is 0 Å². The van der Waals surface area contributed by atoms with Crippen LogP contribution in [0.25, 0.3) is 0 Å². The van der Waals surface area contributed by atoms with E-state index in [2.05, 4.69) is 27.7 Å². The second kappa shape index (κ2) is 7.92. The fourth-order valence-electron chi connectivity index (χ4n) is 11.9. The Hall–Kier alpha value is -1.23. The smallest absolute Gasteiger partial charge is 0.302 e. The zero-order valence-electron chi connectivity index (χ0n) is 24.0. The van der Waals surface area contributed by atoms with Gasteiger partial charge >= 0.3 is 5.97 Å². The molecule has 1 aliphatic heterocycles. The number of carbonyl (C=O) groups is 3.